The first-order valence-corrected chi connectivity index (χ1v) is 11.9. The van der Waals surface area contributed by atoms with Crippen molar-refractivity contribution in [1.29, 1.82) is 0 Å². The van der Waals surface area contributed by atoms with Crippen LogP contribution < -0.4 is 10.6 Å². The third kappa shape index (κ3) is 7.28. The Morgan fingerprint density at radius 2 is 1.80 bits per heavy atom. The van der Waals surface area contributed by atoms with E-state index in [9.17, 15) is 24.3 Å². The van der Waals surface area contributed by atoms with Crippen LogP contribution in [0, 0.1) is 5.92 Å². The number of carboxylic acids is 1. The highest BCUT2D eigenvalue weighted by Gasteiger charge is 2.26. The maximum Gasteiger partial charge on any atom is 0.329 e. The van der Waals surface area contributed by atoms with Gasteiger partial charge < -0.3 is 20.5 Å². The van der Waals surface area contributed by atoms with Gasteiger partial charge in [0.2, 0.25) is 0 Å². The van der Waals surface area contributed by atoms with Crippen LogP contribution in [0.3, 0.4) is 0 Å². The minimum absolute atomic E-state index is 0.0894. The Balaban J connectivity index is 1.63. The molecule has 182 valence electrons. The summed E-state index contributed by atoms with van der Waals surface area (Å²) in [4.78, 5) is 52.9. The summed E-state index contributed by atoms with van der Waals surface area (Å²) < 4.78 is 4.81. The molecule has 0 spiro atoms. The normalized spacial score (nSPS) is 12.4. The number of Topliss-reactive ketones (excluding diaryl/α,β-unsaturated/α-hetero) is 1. The van der Waals surface area contributed by atoms with Gasteiger partial charge in [-0.2, -0.15) is 11.8 Å². The Morgan fingerprint density at radius 3 is 2.51 bits per heavy atom. The van der Waals surface area contributed by atoms with Crippen molar-refractivity contribution in [2.75, 3.05) is 23.9 Å². The summed E-state index contributed by atoms with van der Waals surface area (Å²) in [6, 6.07) is 14.6. The second-order valence-corrected chi connectivity index (χ2v) is 8.71. The van der Waals surface area contributed by atoms with Crippen LogP contribution in [-0.4, -0.2) is 58.5 Å². The van der Waals surface area contributed by atoms with Crippen molar-refractivity contribution in [3.63, 3.8) is 0 Å². The number of carbonyl (C=O) groups is 4. The van der Waals surface area contributed by atoms with E-state index in [1.807, 2.05) is 36.4 Å². The smallest absolute Gasteiger partial charge is 0.329 e. The number of carbonyl (C=O) groups excluding carboxylic acids is 3. The van der Waals surface area contributed by atoms with Crippen molar-refractivity contribution in [3.8, 4) is 0 Å². The van der Waals surface area contributed by atoms with Gasteiger partial charge in [0.05, 0.1) is 19.2 Å². The zero-order valence-electron chi connectivity index (χ0n) is 19.0. The molecule has 2 aromatic carbocycles. The molecule has 9 nitrogen and oxygen atoms in total. The Morgan fingerprint density at radius 1 is 1.03 bits per heavy atom. The van der Waals surface area contributed by atoms with Crippen molar-refractivity contribution in [1.82, 2.24) is 10.3 Å². The van der Waals surface area contributed by atoms with E-state index in [4.69, 9.17) is 4.74 Å². The highest BCUT2D eigenvalue weighted by Crippen LogP contribution is 2.23. The first-order valence-electron chi connectivity index (χ1n) is 10.8. The molecule has 3 aromatic rings. The van der Waals surface area contributed by atoms with Crippen LogP contribution in [0.1, 0.15) is 16.8 Å². The minimum Gasteiger partial charge on any atom is -0.481 e. The maximum absolute atomic E-state index is 12.7. The number of aromatic nitrogens is 1. The summed E-state index contributed by atoms with van der Waals surface area (Å²) in [5.74, 6) is -2.69. The van der Waals surface area contributed by atoms with E-state index in [0.29, 0.717) is 11.3 Å². The minimum atomic E-state index is -1.11. The monoisotopic (exact) mass is 495 g/mol. The fourth-order valence-electron chi connectivity index (χ4n) is 3.47. The molecular weight excluding hydrogens is 470 g/mol. The number of esters is 1. The maximum atomic E-state index is 12.7. The third-order valence-electron chi connectivity index (χ3n) is 5.17. The molecule has 0 saturated carbocycles. The summed E-state index contributed by atoms with van der Waals surface area (Å²) in [6.07, 6.45) is 2.55. The van der Waals surface area contributed by atoms with Gasteiger partial charge in [-0.3, -0.25) is 14.6 Å². The van der Waals surface area contributed by atoms with Crippen molar-refractivity contribution < 1.29 is 29.0 Å². The number of rotatable bonds is 11. The van der Waals surface area contributed by atoms with E-state index in [2.05, 4.69) is 15.6 Å². The molecule has 35 heavy (non-hydrogen) atoms. The second-order valence-electron chi connectivity index (χ2n) is 7.64. The van der Waals surface area contributed by atoms with E-state index in [1.54, 1.807) is 18.2 Å². The Hall–Kier alpha value is -3.92. The molecule has 0 bridgehead atoms. The number of hydrogen-bond acceptors (Lipinski definition) is 7. The molecule has 0 fully saturated rings. The van der Waals surface area contributed by atoms with Crippen LogP contribution in [0.4, 0.5) is 10.5 Å². The van der Waals surface area contributed by atoms with E-state index >= 15 is 0 Å². The van der Waals surface area contributed by atoms with Gasteiger partial charge in [0.1, 0.15) is 6.04 Å². The average molecular weight is 496 g/mol. The number of benzene rings is 2. The zero-order chi connectivity index (χ0) is 25.2. The molecule has 0 aliphatic rings. The number of ether oxygens (including phenoxy) is 1. The lowest BCUT2D eigenvalue weighted by Crippen LogP contribution is -2.45. The lowest BCUT2D eigenvalue weighted by Gasteiger charge is -2.19. The number of ketones is 1. The van der Waals surface area contributed by atoms with Gasteiger partial charge >= 0.3 is 18.0 Å². The summed E-state index contributed by atoms with van der Waals surface area (Å²) in [7, 11) is 1.21. The van der Waals surface area contributed by atoms with Gasteiger partial charge in [-0.1, -0.05) is 36.4 Å². The fourth-order valence-corrected chi connectivity index (χ4v) is 4.62. The number of carboxylic acid groups (broad SMARTS) is 1. The van der Waals surface area contributed by atoms with Gasteiger partial charge in [0.25, 0.3) is 0 Å². The molecule has 1 heterocycles. The lowest BCUT2D eigenvalue weighted by atomic mass is 9.97. The number of methoxy groups -OCH3 is 1. The Kier molecular flexibility index (Phi) is 9.19. The quantitative estimate of drug-likeness (QED) is 0.271. The number of pyridine rings is 1. The molecule has 2 amide bonds. The highest BCUT2D eigenvalue weighted by atomic mass is 32.2. The summed E-state index contributed by atoms with van der Waals surface area (Å²) in [6.45, 7) is 0. The standard InChI is InChI=1S/C25H25N3O6S/c1-34-24(32)21(28-25(33)27-20-10-4-7-16-6-2-3-9-19(16)20)15-35-14-18(12-22(29)30)23(31)17-8-5-11-26-13-17/h2-11,13,18,21H,12,14-15H2,1H3,(H,29,30)(H2,27,28,33)/t18?,21-/m0/s1. The summed E-state index contributed by atoms with van der Waals surface area (Å²) in [5, 5.41) is 16.4. The number of thioether (sulfide) groups is 1. The SMILES string of the molecule is COC(=O)[C@H](CSCC(CC(=O)O)C(=O)c1cccnc1)NC(=O)Nc1cccc2ccccc12. The van der Waals surface area contributed by atoms with Crippen LogP contribution >= 0.6 is 11.8 Å². The van der Waals surface area contributed by atoms with Gasteiger partial charge in [0, 0.05) is 40.8 Å². The predicted molar refractivity (Wildman–Crippen MR) is 134 cm³/mol. The average Bonchev–Trinajstić information content (AvgIpc) is 2.87. The molecular formula is C25H25N3O6S. The Bertz CT molecular complexity index is 1200. The first kappa shape index (κ1) is 25.7. The second kappa shape index (κ2) is 12.5. The third-order valence-corrected chi connectivity index (χ3v) is 6.38. The molecule has 0 saturated heterocycles. The Labute approximate surface area is 206 Å². The summed E-state index contributed by atoms with van der Waals surface area (Å²) in [5.41, 5.74) is 0.900. The number of nitrogens with one attached hydrogen (secondary N) is 2. The number of urea groups is 1. The van der Waals surface area contributed by atoms with Crippen molar-refractivity contribution in [2.45, 2.75) is 12.5 Å². The first-order chi connectivity index (χ1) is 16.9. The largest absolute Gasteiger partial charge is 0.481 e. The van der Waals surface area contributed by atoms with Crippen LogP contribution in [0.15, 0.2) is 67.0 Å². The molecule has 3 rings (SSSR count). The van der Waals surface area contributed by atoms with Gasteiger partial charge in [0.15, 0.2) is 5.78 Å². The van der Waals surface area contributed by atoms with E-state index in [1.165, 1.54) is 31.3 Å². The van der Waals surface area contributed by atoms with Crippen molar-refractivity contribution in [2.24, 2.45) is 5.92 Å². The zero-order valence-corrected chi connectivity index (χ0v) is 19.8. The van der Waals surface area contributed by atoms with E-state index in [0.717, 1.165) is 10.8 Å². The van der Waals surface area contributed by atoms with Gasteiger partial charge in [-0.05, 0) is 23.6 Å². The van der Waals surface area contributed by atoms with Crippen molar-refractivity contribution >= 4 is 52.0 Å². The number of anilines is 1. The van der Waals surface area contributed by atoms with Crippen molar-refractivity contribution in [3.05, 3.63) is 72.6 Å². The number of amides is 2. The molecule has 0 aliphatic heterocycles. The fraction of sp³-hybridized carbons (Fsp3) is 0.240. The van der Waals surface area contributed by atoms with E-state index in [-0.39, 0.29) is 23.7 Å². The number of aliphatic carboxylic acids is 1. The molecule has 0 aliphatic carbocycles. The predicted octanol–water partition coefficient (Wildman–Crippen LogP) is 3.60. The van der Waals surface area contributed by atoms with E-state index < -0.39 is 29.9 Å². The summed E-state index contributed by atoms with van der Waals surface area (Å²) >= 11 is 1.18. The molecule has 10 heteroatoms. The van der Waals surface area contributed by atoms with Crippen LogP contribution in [0.5, 0.6) is 0 Å². The number of hydrogen-bond donors (Lipinski definition) is 3. The van der Waals surface area contributed by atoms with Gasteiger partial charge in [-0.25, -0.2) is 9.59 Å². The molecule has 3 N–H and O–H groups in total. The molecule has 2 atom stereocenters. The van der Waals surface area contributed by atoms with Crippen LogP contribution in [0.2, 0.25) is 0 Å². The lowest BCUT2D eigenvalue weighted by molar-refractivity contribution is -0.142. The van der Waals surface area contributed by atoms with Gasteiger partial charge in [-0.15, -0.1) is 0 Å². The molecule has 0 radical (unpaired) electrons. The number of fused-ring (bicyclic) bond motifs is 1. The highest BCUT2D eigenvalue weighted by molar-refractivity contribution is 7.99. The van der Waals surface area contributed by atoms with Crippen LogP contribution in [0.25, 0.3) is 10.8 Å². The molecule has 1 unspecified atom stereocenters. The molecule has 1 aromatic heterocycles. The number of nitrogens with zero attached hydrogens (tertiary/aromatic N) is 1. The topological polar surface area (TPSA) is 135 Å². The van der Waals surface area contributed by atoms with Crippen LogP contribution in [-0.2, 0) is 14.3 Å².